The fourth-order valence-electron chi connectivity index (χ4n) is 5.23. The lowest BCUT2D eigenvalue weighted by molar-refractivity contribution is -0.132. The van der Waals surface area contributed by atoms with Crippen LogP contribution in [-0.4, -0.2) is 57.0 Å². The summed E-state index contributed by atoms with van der Waals surface area (Å²) in [5.74, 6) is -1.36. The summed E-state index contributed by atoms with van der Waals surface area (Å²) in [5, 5.41) is 12.0. The number of anilines is 1. The number of thiazole rings is 1. The van der Waals surface area contributed by atoms with Crippen LogP contribution in [0.25, 0.3) is 11.4 Å². The van der Waals surface area contributed by atoms with Crippen molar-refractivity contribution in [3.8, 4) is 11.5 Å². The predicted octanol–water partition coefficient (Wildman–Crippen LogP) is 6.03. The average Bonchev–Trinajstić information content (AvgIpc) is 3.63. The van der Waals surface area contributed by atoms with Gasteiger partial charge in [-0.1, -0.05) is 37.3 Å². The standard InChI is InChI=1S/C33H36N4O7S/c1-7-42-23-17-21(12-13-22(23)44-16-14-18(3)4)27-25(28(38)26-19(5)34-24-11-9-10-15-36(24)26)29(39)31(40)37(27)33-35-20(6)30(45-33)32(41)43-8-2/h9-13,15,17-18,27,38H,7-8,14,16H2,1-6H3/b28-25+. The lowest BCUT2D eigenvalue weighted by Crippen LogP contribution is -2.29. The number of fused-ring (bicyclic) bond motifs is 1. The molecule has 3 aromatic heterocycles. The van der Waals surface area contributed by atoms with Crippen LogP contribution in [0.4, 0.5) is 5.13 Å². The van der Waals surface area contributed by atoms with E-state index in [0.717, 1.165) is 17.8 Å². The van der Waals surface area contributed by atoms with Crippen molar-refractivity contribution in [3.05, 3.63) is 75.7 Å². The molecule has 1 aliphatic heterocycles. The number of esters is 1. The number of pyridine rings is 1. The number of imidazole rings is 1. The van der Waals surface area contributed by atoms with Crippen LogP contribution in [0.3, 0.4) is 0 Å². The molecule has 1 aliphatic rings. The summed E-state index contributed by atoms with van der Waals surface area (Å²) in [4.78, 5) is 50.8. The van der Waals surface area contributed by atoms with E-state index in [0.29, 0.717) is 53.2 Å². The van der Waals surface area contributed by atoms with Gasteiger partial charge in [0.15, 0.2) is 22.4 Å². The Kier molecular flexibility index (Phi) is 9.24. The molecule has 236 valence electrons. The van der Waals surface area contributed by atoms with Gasteiger partial charge in [0.1, 0.15) is 16.2 Å². The third-order valence-electron chi connectivity index (χ3n) is 7.36. The van der Waals surface area contributed by atoms with Crippen LogP contribution in [0.15, 0.2) is 48.2 Å². The smallest absolute Gasteiger partial charge is 0.350 e. The lowest BCUT2D eigenvalue weighted by Gasteiger charge is -2.24. The lowest BCUT2D eigenvalue weighted by atomic mass is 9.96. The van der Waals surface area contributed by atoms with Gasteiger partial charge in [-0.3, -0.25) is 18.9 Å². The zero-order valence-corrected chi connectivity index (χ0v) is 26.9. The summed E-state index contributed by atoms with van der Waals surface area (Å²) in [6.45, 7) is 12.1. The number of ether oxygens (including phenoxy) is 3. The third-order valence-corrected chi connectivity index (χ3v) is 8.50. The van der Waals surface area contributed by atoms with Crippen LogP contribution in [0.1, 0.15) is 72.5 Å². The number of carbonyl (C=O) groups excluding carboxylic acids is 3. The molecule has 5 rings (SSSR count). The van der Waals surface area contributed by atoms with Crippen molar-refractivity contribution in [1.82, 2.24) is 14.4 Å². The molecule has 1 atom stereocenters. The molecule has 1 amide bonds. The molecule has 4 aromatic rings. The monoisotopic (exact) mass is 632 g/mol. The molecule has 0 aliphatic carbocycles. The summed E-state index contributed by atoms with van der Waals surface area (Å²) in [7, 11) is 0. The molecule has 0 radical (unpaired) electrons. The molecule has 0 saturated carbocycles. The highest BCUT2D eigenvalue weighted by Crippen LogP contribution is 2.46. The fourth-order valence-corrected chi connectivity index (χ4v) is 6.22. The highest BCUT2D eigenvalue weighted by Gasteiger charge is 2.49. The quantitative estimate of drug-likeness (QED) is 0.0910. The van der Waals surface area contributed by atoms with Crippen LogP contribution in [0.2, 0.25) is 0 Å². The van der Waals surface area contributed by atoms with Gasteiger partial charge in [0.25, 0.3) is 5.78 Å². The van der Waals surface area contributed by atoms with Crippen LogP contribution in [0, 0.1) is 19.8 Å². The van der Waals surface area contributed by atoms with E-state index >= 15 is 0 Å². The van der Waals surface area contributed by atoms with Gasteiger partial charge < -0.3 is 19.3 Å². The topological polar surface area (TPSA) is 133 Å². The van der Waals surface area contributed by atoms with Gasteiger partial charge in [-0.25, -0.2) is 14.8 Å². The Morgan fingerprint density at radius 1 is 1.02 bits per heavy atom. The van der Waals surface area contributed by atoms with E-state index in [1.807, 2.05) is 13.0 Å². The maximum absolute atomic E-state index is 13.9. The minimum Gasteiger partial charge on any atom is -0.505 e. The molecule has 1 N–H and O–H groups in total. The first kappa shape index (κ1) is 31.7. The van der Waals surface area contributed by atoms with E-state index in [9.17, 15) is 19.5 Å². The molecule has 1 saturated heterocycles. The van der Waals surface area contributed by atoms with E-state index in [2.05, 4.69) is 23.8 Å². The number of carbonyl (C=O) groups is 3. The molecule has 12 heteroatoms. The number of aliphatic hydroxyl groups is 1. The second kappa shape index (κ2) is 13.1. The van der Waals surface area contributed by atoms with Crippen LogP contribution in [0.5, 0.6) is 11.5 Å². The van der Waals surface area contributed by atoms with Gasteiger partial charge in [0.2, 0.25) is 0 Å². The summed E-state index contributed by atoms with van der Waals surface area (Å²) in [6, 6.07) is 9.44. The van der Waals surface area contributed by atoms with Gasteiger partial charge >= 0.3 is 11.9 Å². The first-order valence-electron chi connectivity index (χ1n) is 14.9. The summed E-state index contributed by atoms with van der Waals surface area (Å²) in [6.07, 6.45) is 2.57. The number of aryl methyl sites for hydroxylation is 2. The van der Waals surface area contributed by atoms with Crippen molar-refractivity contribution in [2.45, 2.75) is 54.0 Å². The zero-order chi connectivity index (χ0) is 32.4. The number of benzene rings is 1. The van der Waals surface area contributed by atoms with Crippen molar-refractivity contribution in [2.75, 3.05) is 24.7 Å². The van der Waals surface area contributed by atoms with Crippen molar-refractivity contribution in [1.29, 1.82) is 0 Å². The summed E-state index contributed by atoms with van der Waals surface area (Å²) < 4.78 is 18.8. The minimum atomic E-state index is -1.11. The Morgan fingerprint density at radius 3 is 2.51 bits per heavy atom. The Morgan fingerprint density at radius 2 is 1.80 bits per heavy atom. The average molecular weight is 633 g/mol. The van der Waals surface area contributed by atoms with E-state index in [4.69, 9.17) is 14.2 Å². The first-order chi connectivity index (χ1) is 21.6. The Hall–Kier alpha value is -4.71. The molecule has 11 nitrogen and oxygen atoms in total. The number of rotatable bonds is 11. The second-order valence-electron chi connectivity index (χ2n) is 10.9. The van der Waals surface area contributed by atoms with Gasteiger partial charge in [-0.15, -0.1) is 0 Å². The Labute approximate surface area is 265 Å². The molecular weight excluding hydrogens is 596 g/mol. The Balaban J connectivity index is 1.71. The van der Waals surface area contributed by atoms with Crippen LogP contribution >= 0.6 is 11.3 Å². The molecule has 1 unspecified atom stereocenters. The number of hydrogen-bond donors (Lipinski definition) is 1. The molecule has 1 aromatic carbocycles. The molecule has 0 bridgehead atoms. The molecule has 4 heterocycles. The van der Waals surface area contributed by atoms with E-state index in [-0.39, 0.29) is 33.6 Å². The number of ketones is 1. The van der Waals surface area contributed by atoms with Gasteiger partial charge in [-0.05, 0) is 69.9 Å². The van der Waals surface area contributed by atoms with E-state index in [1.54, 1.807) is 61.7 Å². The molecule has 45 heavy (non-hydrogen) atoms. The van der Waals surface area contributed by atoms with E-state index < -0.39 is 23.7 Å². The van der Waals surface area contributed by atoms with Crippen molar-refractivity contribution in [2.24, 2.45) is 5.92 Å². The highest BCUT2D eigenvalue weighted by atomic mass is 32.1. The Bertz CT molecular complexity index is 1810. The molecule has 1 fully saturated rings. The van der Waals surface area contributed by atoms with Gasteiger partial charge in [0, 0.05) is 6.20 Å². The number of aliphatic hydroxyl groups excluding tert-OH is 1. The number of nitrogens with zero attached hydrogens (tertiary/aromatic N) is 4. The maximum atomic E-state index is 13.9. The van der Waals surface area contributed by atoms with Gasteiger partial charge in [0.05, 0.1) is 42.8 Å². The second-order valence-corrected chi connectivity index (χ2v) is 11.9. The molecular formula is C33H36N4O7S. The summed E-state index contributed by atoms with van der Waals surface area (Å²) in [5.41, 5.74) is 2.02. The number of Topliss-reactive ketones (excluding diaryl/α,β-unsaturated/α-hetero) is 1. The third kappa shape index (κ3) is 6.02. The fraction of sp³-hybridized carbons (Fsp3) is 0.364. The van der Waals surface area contributed by atoms with Crippen molar-refractivity contribution in [3.63, 3.8) is 0 Å². The highest BCUT2D eigenvalue weighted by molar-refractivity contribution is 7.17. The van der Waals surface area contributed by atoms with Crippen LogP contribution < -0.4 is 14.4 Å². The SMILES string of the molecule is CCOC(=O)c1sc(N2C(=O)C(=O)/C(=C(/O)c3c(C)nc4ccccn34)C2c2ccc(OCCC(C)C)c(OCC)c2)nc1C. The number of aromatic nitrogens is 3. The zero-order valence-electron chi connectivity index (χ0n) is 26.1. The number of hydrogen-bond acceptors (Lipinski definition) is 10. The maximum Gasteiger partial charge on any atom is 0.350 e. The van der Waals surface area contributed by atoms with Crippen molar-refractivity contribution < 1.29 is 33.7 Å². The van der Waals surface area contributed by atoms with Gasteiger partial charge in [-0.2, -0.15) is 0 Å². The molecule has 0 spiro atoms. The largest absolute Gasteiger partial charge is 0.505 e. The number of amides is 1. The summed E-state index contributed by atoms with van der Waals surface area (Å²) >= 11 is 0.947. The normalized spacial score (nSPS) is 16.2. The van der Waals surface area contributed by atoms with Crippen LogP contribution in [-0.2, 0) is 14.3 Å². The van der Waals surface area contributed by atoms with E-state index in [1.165, 1.54) is 4.90 Å². The predicted molar refractivity (Wildman–Crippen MR) is 170 cm³/mol. The van der Waals surface area contributed by atoms with Crippen molar-refractivity contribution >= 4 is 45.5 Å². The first-order valence-corrected chi connectivity index (χ1v) is 15.7. The minimum absolute atomic E-state index is 0.117.